The molecule has 0 aliphatic carbocycles. The molecule has 0 saturated carbocycles. The number of nitrogens with zero attached hydrogens (tertiary/aromatic N) is 1. The number of likely N-dealkylation sites (N-methyl/N-ethyl adjacent to an activating group) is 1. The van der Waals surface area contributed by atoms with Crippen LogP contribution >= 0.6 is 0 Å². The first kappa shape index (κ1) is 21.6. The van der Waals surface area contributed by atoms with Gasteiger partial charge < -0.3 is 25.4 Å². The topological polar surface area (TPSA) is 84.0 Å². The molecule has 0 bridgehead atoms. The van der Waals surface area contributed by atoms with Gasteiger partial charge in [-0.1, -0.05) is 13.0 Å². The second-order valence-electron chi connectivity index (χ2n) is 5.88. The maximum atomic E-state index is 11.5. The number of guanidine groups is 1. The minimum Gasteiger partial charge on any atom is -0.493 e. The number of amides is 1. The van der Waals surface area contributed by atoms with Crippen LogP contribution in [0.1, 0.15) is 39.7 Å². The van der Waals surface area contributed by atoms with E-state index in [1.165, 1.54) is 0 Å². The van der Waals surface area contributed by atoms with Crippen LogP contribution in [0.5, 0.6) is 11.5 Å². The predicted octanol–water partition coefficient (Wildman–Crippen LogP) is 2.06. The van der Waals surface area contributed by atoms with Crippen molar-refractivity contribution in [2.75, 3.05) is 26.8 Å². The van der Waals surface area contributed by atoms with Crippen LogP contribution in [0, 0.1) is 0 Å². The summed E-state index contributed by atoms with van der Waals surface area (Å²) in [5, 5.41) is 9.30. The van der Waals surface area contributed by atoms with E-state index in [9.17, 15) is 4.79 Å². The van der Waals surface area contributed by atoms with Crippen LogP contribution in [0.25, 0.3) is 0 Å². The van der Waals surface area contributed by atoms with Gasteiger partial charge in [-0.05, 0) is 44.9 Å². The predicted molar refractivity (Wildman–Crippen MR) is 105 cm³/mol. The summed E-state index contributed by atoms with van der Waals surface area (Å²) in [5.74, 6) is 1.75. The van der Waals surface area contributed by atoms with Crippen LogP contribution in [-0.2, 0) is 11.3 Å². The number of ether oxygens (including phenoxy) is 2. The van der Waals surface area contributed by atoms with Crippen molar-refractivity contribution in [2.24, 2.45) is 4.99 Å². The third kappa shape index (κ3) is 7.63. The van der Waals surface area contributed by atoms with Crippen LogP contribution in [0.15, 0.2) is 23.2 Å². The van der Waals surface area contributed by atoms with E-state index in [1.807, 2.05) is 26.0 Å². The normalized spacial score (nSPS) is 12.3. The van der Waals surface area contributed by atoms with Gasteiger partial charge >= 0.3 is 0 Å². The summed E-state index contributed by atoms with van der Waals surface area (Å²) < 4.78 is 10.9. The van der Waals surface area contributed by atoms with Crippen LogP contribution in [0.3, 0.4) is 0 Å². The molecule has 0 aliphatic rings. The second kappa shape index (κ2) is 12.0. The molecular formula is C19H32N4O3. The number of hydrogen-bond donors (Lipinski definition) is 3. The summed E-state index contributed by atoms with van der Waals surface area (Å²) in [4.78, 5) is 16.1. The minimum absolute atomic E-state index is 0.0366. The van der Waals surface area contributed by atoms with Gasteiger partial charge in [0.05, 0.1) is 13.7 Å². The smallest absolute Gasteiger partial charge is 0.257 e. The summed E-state index contributed by atoms with van der Waals surface area (Å²) in [7, 11) is 1.58. The van der Waals surface area contributed by atoms with Gasteiger partial charge in [0.25, 0.3) is 5.91 Å². The summed E-state index contributed by atoms with van der Waals surface area (Å²) in [5.41, 5.74) is 0.994. The molecule has 1 aromatic carbocycles. The molecule has 1 atom stereocenters. The maximum Gasteiger partial charge on any atom is 0.257 e. The standard InChI is InChI=1S/C19H32N4O3/c1-6-14(4)23-19(21-8-3)22-12-15-9-10-16(17(11-15)25-5)26-13-18(24)20-7-2/h9-11,14H,6-8,12-13H2,1-5H3,(H,20,24)(H2,21,22,23). The number of carbonyl (C=O) groups is 1. The molecule has 3 N–H and O–H groups in total. The van der Waals surface area contributed by atoms with E-state index in [2.05, 4.69) is 34.8 Å². The molecule has 1 unspecified atom stereocenters. The lowest BCUT2D eigenvalue weighted by atomic mass is 10.2. The van der Waals surface area contributed by atoms with Crippen LogP contribution in [-0.4, -0.2) is 44.7 Å². The van der Waals surface area contributed by atoms with E-state index in [1.54, 1.807) is 13.2 Å². The maximum absolute atomic E-state index is 11.5. The van der Waals surface area contributed by atoms with Gasteiger partial charge in [-0.3, -0.25) is 4.79 Å². The molecule has 0 aromatic heterocycles. The lowest BCUT2D eigenvalue weighted by molar-refractivity contribution is -0.123. The Balaban J connectivity index is 2.77. The molecule has 0 aliphatic heterocycles. The number of aliphatic imine (C=N–C) groups is 1. The van der Waals surface area contributed by atoms with Crippen molar-refractivity contribution in [1.29, 1.82) is 0 Å². The van der Waals surface area contributed by atoms with Gasteiger partial charge in [-0.15, -0.1) is 0 Å². The summed E-state index contributed by atoms with van der Waals surface area (Å²) >= 11 is 0. The lowest BCUT2D eigenvalue weighted by Crippen LogP contribution is -2.41. The average Bonchev–Trinajstić information content (AvgIpc) is 2.64. The largest absolute Gasteiger partial charge is 0.493 e. The lowest BCUT2D eigenvalue weighted by Gasteiger charge is -2.16. The van der Waals surface area contributed by atoms with Gasteiger partial charge in [0.15, 0.2) is 24.1 Å². The van der Waals surface area contributed by atoms with Crippen molar-refractivity contribution in [3.05, 3.63) is 23.8 Å². The van der Waals surface area contributed by atoms with Gasteiger partial charge in [-0.2, -0.15) is 0 Å². The first-order chi connectivity index (χ1) is 12.5. The van der Waals surface area contributed by atoms with E-state index >= 15 is 0 Å². The highest BCUT2D eigenvalue weighted by atomic mass is 16.5. The van der Waals surface area contributed by atoms with E-state index < -0.39 is 0 Å². The average molecular weight is 364 g/mol. The summed E-state index contributed by atoms with van der Waals surface area (Å²) in [6.07, 6.45) is 1.02. The first-order valence-corrected chi connectivity index (χ1v) is 9.15. The number of rotatable bonds is 10. The highest BCUT2D eigenvalue weighted by molar-refractivity contribution is 5.80. The first-order valence-electron chi connectivity index (χ1n) is 9.15. The highest BCUT2D eigenvalue weighted by Crippen LogP contribution is 2.28. The number of hydrogen-bond acceptors (Lipinski definition) is 4. The second-order valence-corrected chi connectivity index (χ2v) is 5.88. The Morgan fingerprint density at radius 2 is 1.88 bits per heavy atom. The van der Waals surface area contributed by atoms with Crippen molar-refractivity contribution >= 4 is 11.9 Å². The van der Waals surface area contributed by atoms with Crippen LogP contribution < -0.4 is 25.4 Å². The van der Waals surface area contributed by atoms with E-state index in [4.69, 9.17) is 9.47 Å². The van der Waals surface area contributed by atoms with Crippen molar-refractivity contribution in [2.45, 2.75) is 46.7 Å². The van der Waals surface area contributed by atoms with Crippen LogP contribution in [0.4, 0.5) is 0 Å². The van der Waals surface area contributed by atoms with Crippen molar-refractivity contribution < 1.29 is 14.3 Å². The Hall–Kier alpha value is -2.44. The Morgan fingerprint density at radius 3 is 2.50 bits per heavy atom. The van der Waals surface area contributed by atoms with Gasteiger partial charge in [0.2, 0.25) is 0 Å². The Bertz CT molecular complexity index is 590. The molecule has 7 heteroatoms. The summed E-state index contributed by atoms with van der Waals surface area (Å²) in [6, 6.07) is 5.96. The zero-order valence-electron chi connectivity index (χ0n) is 16.5. The fraction of sp³-hybridized carbons (Fsp3) is 0.579. The molecule has 1 rings (SSSR count). The fourth-order valence-electron chi connectivity index (χ4n) is 2.15. The molecule has 0 saturated heterocycles. The molecule has 1 aromatic rings. The Labute approximate surface area is 156 Å². The molecule has 0 spiro atoms. The Morgan fingerprint density at radius 1 is 1.15 bits per heavy atom. The Kier molecular flexibility index (Phi) is 9.97. The number of nitrogens with one attached hydrogen (secondary N) is 3. The molecular weight excluding hydrogens is 332 g/mol. The number of benzene rings is 1. The van der Waals surface area contributed by atoms with Crippen molar-refractivity contribution in [1.82, 2.24) is 16.0 Å². The molecule has 1 amide bonds. The minimum atomic E-state index is -0.158. The zero-order valence-corrected chi connectivity index (χ0v) is 16.5. The number of methoxy groups -OCH3 is 1. The highest BCUT2D eigenvalue weighted by Gasteiger charge is 2.09. The molecule has 0 radical (unpaired) electrons. The van der Waals surface area contributed by atoms with Gasteiger partial charge in [-0.25, -0.2) is 4.99 Å². The molecule has 0 fully saturated rings. The molecule has 7 nitrogen and oxygen atoms in total. The number of carbonyl (C=O) groups excluding carboxylic acids is 1. The quantitative estimate of drug-likeness (QED) is 0.437. The summed E-state index contributed by atoms with van der Waals surface area (Å²) in [6.45, 7) is 10.0. The fourth-order valence-corrected chi connectivity index (χ4v) is 2.15. The third-order valence-corrected chi connectivity index (χ3v) is 3.72. The molecule has 26 heavy (non-hydrogen) atoms. The zero-order chi connectivity index (χ0) is 19.4. The monoisotopic (exact) mass is 364 g/mol. The third-order valence-electron chi connectivity index (χ3n) is 3.72. The molecule has 0 heterocycles. The van der Waals surface area contributed by atoms with Crippen LogP contribution in [0.2, 0.25) is 0 Å². The van der Waals surface area contributed by atoms with E-state index in [0.717, 1.165) is 24.5 Å². The van der Waals surface area contributed by atoms with Crippen molar-refractivity contribution in [3.63, 3.8) is 0 Å². The SMILES string of the molecule is CCNC(=O)COc1ccc(CN=C(NCC)NC(C)CC)cc1OC. The van der Waals surface area contributed by atoms with E-state index in [0.29, 0.717) is 30.6 Å². The van der Waals surface area contributed by atoms with Gasteiger partial charge in [0.1, 0.15) is 0 Å². The molecule has 146 valence electrons. The van der Waals surface area contributed by atoms with E-state index in [-0.39, 0.29) is 12.5 Å². The van der Waals surface area contributed by atoms with Gasteiger partial charge in [0, 0.05) is 19.1 Å². The van der Waals surface area contributed by atoms with Crippen molar-refractivity contribution in [3.8, 4) is 11.5 Å².